The Kier molecular flexibility index (Phi) is 4.79. The summed E-state index contributed by atoms with van der Waals surface area (Å²) in [7, 11) is -3.66. The summed E-state index contributed by atoms with van der Waals surface area (Å²) in [5.74, 6) is 0.361. The molecule has 2 rings (SSSR count). The number of rotatable bonds is 4. The highest BCUT2D eigenvalue weighted by molar-refractivity contribution is 7.86. The number of hydrogen-bond donors (Lipinski definition) is 0. The van der Waals surface area contributed by atoms with Crippen molar-refractivity contribution in [3.8, 4) is 6.07 Å². The van der Waals surface area contributed by atoms with Crippen LogP contribution in [-0.4, -0.2) is 15.0 Å². The third kappa shape index (κ3) is 3.81. The molecular weight excluding hydrogens is 274 g/mol. The largest absolute Gasteiger partial charge is 0.296 e. The summed E-state index contributed by atoms with van der Waals surface area (Å²) in [6.07, 6.45) is 3.41. The van der Waals surface area contributed by atoms with Crippen molar-refractivity contribution in [2.75, 3.05) is 6.61 Å². The van der Waals surface area contributed by atoms with Crippen LogP contribution in [0.1, 0.15) is 31.2 Å². The molecule has 5 heteroatoms. The lowest BCUT2D eigenvalue weighted by atomic mass is 9.83. The number of nitriles is 1. The molecule has 1 aliphatic rings. The Morgan fingerprint density at radius 2 is 1.80 bits per heavy atom. The molecule has 0 amide bonds. The van der Waals surface area contributed by atoms with Crippen molar-refractivity contribution in [2.45, 2.75) is 37.5 Å². The number of hydrogen-bond acceptors (Lipinski definition) is 4. The molecule has 0 N–H and O–H groups in total. The lowest BCUT2D eigenvalue weighted by Gasteiger charge is -2.24. The molecule has 1 aromatic rings. The van der Waals surface area contributed by atoms with Crippen molar-refractivity contribution in [3.05, 3.63) is 29.8 Å². The van der Waals surface area contributed by atoms with Gasteiger partial charge in [0.05, 0.1) is 17.6 Å². The SMILES string of the molecule is Cc1ccc(S(=O)(=O)OC[C@H]2CC[C@H](C#N)CC2)cc1. The van der Waals surface area contributed by atoms with Gasteiger partial charge < -0.3 is 0 Å². The average molecular weight is 293 g/mol. The van der Waals surface area contributed by atoms with Crippen LogP contribution < -0.4 is 0 Å². The highest BCUT2D eigenvalue weighted by Gasteiger charge is 2.23. The molecule has 108 valence electrons. The van der Waals surface area contributed by atoms with E-state index in [0.717, 1.165) is 31.2 Å². The van der Waals surface area contributed by atoms with Gasteiger partial charge in [0.25, 0.3) is 10.1 Å². The van der Waals surface area contributed by atoms with Crippen LogP contribution in [0.4, 0.5) is 0 Å². The van der Waals surface area contributed by atoms with E-state index in [0.29, 0.717) is 0 Å². The van der Waals surface area contributed by atoms with E-state index in [9.17, 15) is 8.42 Å². The summed E-state index contributed by atoms with van der Waals surface area (Å²) in [4.78, 5) is 0.203. The normalized spacial score (nSPS) is 23.2. The molecule has 4 nitrogen and oxygen atoms in total. The third-order valence-corrected chi connectivity index (χ3v) is 5.09. The number of nitrogens with zero attached hydrogens (tertiary/aromatic N) is 1. The van der Waals surface area contributed by atoms with Crippen LogP contribution in [0.2, 0.25) is 0 Å². The summed E-state index contributed by atoms with van der Waals surface area (Å²) in [5, 5.41) is 8.83. The zero-order chi connectivity index (χ0) is 14.6. The molecule has 0 atom stereocenters. The fourth-order valence-corrected chi connectivity index (χ4v) is 3.39. The van der Waals surface area contributed by atoms with Gasteiger partial charge in [-0.05, 0) is 50.7 Å². The van der Waals surface area contributed by atoms with Crippen molar-refractivity contribution in [2.24, 2.45) is 11.8 Å². The van der Waals surface area contributed by atoms with Gasteiger partial charge in [0.2, 0.25) is 0 Å². The topological polar surface area (TPSA) is 67.2 Å². The molecule has 1 saturated carbocycles. The first-order valence-corrected chi connectivity index (χ1v) is 8.28. The highest BCUT2D eigenvalue weighted by atomic mass is 32.2. The second-order valence-corrected chi connectivity index (χ2v) is 7.01. The first-order valence-electron chi connectivity index (χ1n) is 6.87. The van der Waals surface area contributed by atoms with Crippen LogP contribution in [0.3, 0.4) is 0 Å². The van der Waals surface area contributed by atoms with Gasteiger partial charge in [-0.3, -0.25) is 4.18 Å². The van der Waals surface area contributed by atoms with E-state index in [1.54, 1.807) is 24.3 Å². The molecule has 0 unspecified atom stereocenters. The fourth-order valence-electron chi connectivity index (χ4n) is 2.42. The van der Waals surface area contributed by atoms with Crippen LogP contribution in [-0.2, 0) is 14.3 Å². The Bertz CT molecular complexity index is 579. The van der Waals surface area contributed by atoms with E-state index >= 15 is 0 Å². The summed E-state index contributed by atoms with van der Waals surface area (Å²) in [5.41, 5.74) is 1.01. The van der Waals surface area contributed by atoms with E-state index < -0.39 is 10.1 Å². The molecule has 0 bridgehead atoms. The Balaban J connectivity index is 1.90. The van der Waals surface area contributed by atoms with Gasteiger partial charge in [0, 0.05) is 5.92 Å². The minimum atomic E-state index is -3.66. The molecule has 0 aliphatic heterocycles. The van der Waals surface area contributed by atoms with Gasteiger partial charge in [-0.2, -0.15) is 13.7 Å². The first-order chi connectivity index (χ1) is 9.51. The molecule has 1 aliphatic carbocycles. The summed E-state index contributed by atoms with van der Waals surface area (Å²) in [6, 6.07) is 8.92. The standard InChI is InChI=1S/C15H19NO3S/c1-12-2-8-15(9-3-12)20(17,18)19-11-14-6-4-13(10-16)5-7-14/h2-3,8-9,13-14H,4-7,11H2,1H3/t13-,14-. The van der Waals surface area contributed by atoms with Crippen LogP contribution in [0.25, 0.3) is 0 Å². The van der Waals surface area contributed by atoms with Gasteiger partial charge in [0.15, 0.2) is 0 Å². The Hall–Kier alpha value is -1.38. The Morgan fingerprint density at radius 1 is 1.20 bits per heavy atom. The second kappa shape index (κ2) is 6.38. The predicted octanol–water partition coefficient (Wildman–Crippen LogP) is 3.03. The fraction of sp³-hybridized carbons (Fsp3) is 0.533. The smallest absolute Gasteiger partial charge is 0.266 e. The summed E-state index contributed by atoms with van der Waals surface area (Å²) >= 11 is 0. The summed E-state index contributed by atoms with van der Waals surface area (Å²) in [6.45, 7) is 2.12. The monoisotopic (exact) mass is 293 g/mol. The molecule has 0 spiro atoms. The van der Waals surface area contributed by atoms with Crippen LogP contribution in [0.15, 0.2) is 29.2 Å². The number of benzene rings is 1. The van der Waals surface area contributed by atoms with Crippen molar-refractivity contribution in [1.29, 1.82) is 5.26 Å². The maximum Gasteiger partial charge on any atom is 0.296 e. The van der Waals surface area contributed by atoms with E-state index in [-0.39, 0.29) is 23.3 Å². The van der Waals surface area contributed by atoms with Crippen LogP contribution in [0, 0.1) is 30.1 Å². The third-order valence-electron chi connectivity index (χ3n) is 3.80. The molecule has 0 aromatic heterocycles. The van der Waals surface area contributed by atoms with Crippen LogP contribution in [0.5, 0.6) is 0 Å². The van der Waals surface area contributed by atoms with E-state index in [4.69, 9.17) is 9.44 Å². The summed E-state index contributed by atoms with van der Waals surface area (Å²) < 4.78 is 29.2. The molecule has 0 saturated heterocycles. The molecule has 0 radical (unpaired) electrons. The van der Waals surface area contributed by atoms with Gasteiger partial charge in [-0.25, -0.2) is 0 Å². The zero-order valence-corrected chi connectivity index (χ0v) is 12.4. The molecule has 1 aromatic carbocycles. The highest BCUT2D eigenvalue weighted by Crippen LogP contribution is 2.29. The molecule has 1 fully saturated rings. The van der Waals surface area contributed by atoms with Crippen LogP contribution >= 0.6 is 0 Å². The average Bonchev–Trinajstić information content (AvgIpc) is 2.46. The van der Waals surface area contributed by atoms with Gasteiger partial charge in [-0.15, -0.1) is 0 Å². The predicted molar refractivity (Wildman–Crippen MR) is 75.4 cm³/mol. The molecule has 0 heterocycles. The van der Waals surface area contributed by atoms with Crippen molar-refractivity contribution >= 4 is 10.1 Å². The minimum Gasteiger partial charge on any atom is -0.266 e. The number of aryl methyl sites for hydroxylation is 1. The van der Waals surface area contributed by atoms with E-state index in [1.165, 1.54) is 0 Å². The quantitative estimate of drug-likeness (QED) is 0.800. The Morgan fingerprint density at radius 3 is 2.35 bits per heavy atom. The van der Waals surface area contributed by atoms with Gasteiger partial charge in [-0.1, -0.05) is 17.7 Å². The maximum atomic E-state index is 12.0. The minimum absolute atomic E-state index is 0.125. The lowest BCUT2D eigenvalue weighted by molar-refractivity contribution is 0.201. The van der Waals surface area contributed by atoms with E-state index in [1.807, 2.05) is 6.92 Å². The van der Waals surface area contributed by atoms with Crippen molar-refractivity contribution in [1.82, 2.24) is 0 Å². The van der Waals surface area contributed by atoms with Gasteiger partial charge >= 0.3 is 0 Å². The Labute approximate surface area is 120 Å². The zero-order valence-electron chi connectivity index (χ0n) is 11.6. The lowest BCUT2D eigenvalue weighted by Crippen LogP contribution is -2.20. The van der Waals surface area contributed by atoms with Crippen molar-refractivity contribution < 1.29 is 12.6 Å². The van der Waals surface area contributed by atoms with E-state index in [2.05, 4.69) is 6.07 Å². The van der Waals surface area contributed by atoms with Gasteiger partial charge in [0.1, 0.15) is 0 Å². The molecule has 20 heavy (non-hydrogen) atoms. The maximum absolute atomic E-state index is 12.0. The van der Waals surface area contributed by atoms with Crippen molar-refractivity contribution in [3.63, 3.8) is 0 Å². The first kappa shape index (κ1) is 15.0. The molecular formula is C15H19NO3S. The second-order valence-electron chi connectivity index (χ2n) is 5.40.